The number of halogens is 1. The van der Waals surface area contributed by atoms with E-state index in [9.17, 15) is 4.39 Å². The molecule has 0 radical (unpaired) electrons. The van der Waals surface area contributed by atoms with E-state index in [1.54, 1.807) is 31.0 Å². The highest BCUT2D eigenvalue weighted by Gasteiger charge is 2.21. The minimum atomic E-state index is -0.263. The van der Waals surface area contributed by atoms with Crippen molar-refractivity contribution in [3.05, 3.63) is 48.4 Å². The zero-order chi connectivity index (χ0) is 21.6. The summed E-state index contributed by atoms with van der Waals surface area (Å²) in [6.45, 7) is 2.78. The fourth-order valence-electron chi connectivity index (χ4n) is 3.79. The second-order valence-corrected chi connectivity index (χ2v) is 8.18. The molecule has 1 fully saturated rings. The lowest BCUT2D eigenvalue weighted by Gasteiger charge is -2.23. The van der Waals surface area contributed by atoms with Gasteiger partial charge in [0.1, 0.15) is 11.6 Å². The third-order valence-electron chi connectivity index (χ3n) is 5.36. The van der Waals surface area contributed by atoms with Crippen LogP contribution >= 0.6 is 11.8 Å². The molecule has 0 unspecified atom stereocenters. The minimum absolute atomic E-state index is 0.263. The summed E-state index contributed by atoms with van der Waals surface area (Å²) in [4.78, 5) is 9.42. The number of rotatable bonds is 8. The molecule has 3 aromatic rings. The molecular weight excluding hydrogens is 415 g/mol. The number of pyridine rings is 1. The Morgan fingerprint density at radius 2 is 1.97 bits per heavy atom. The monoisotopic (exact) mass is 442 g/mol. The molecule has 4 rings (SSSR count). The predicted octanol–water partition coefficient (Wildman–Crippen LogP) is 4.71. The molecule has 0 amide bonds. The second kappa shape index (κ2) is 10.3. The van der Waals surface area contributed by atoms with Crippen LogP contribution in [0.1, 0.15) is 12.8 Å². The topological polar surface area (TPSA) is 61.2 Å². The van der Waals surface area contributed by atoms with Crippen molar-refractivity contribution in [2.45, 2.75) is 30.6 Å². The van der Waals surface area contributed by atoms with Gasteiger partial charge in [-0.15, -0.1) is 0 Å². The number of hydrogen-bond donors (Lipinski definition) is 1. The lowest BCUT2D eigenvalue weighted by Crippen LogP contribution is -2.28. The van der Waals surface area contributed by atoms with Gasteiger partial charge in [-0.3, -0.25) is 0 Å². The van der Waals surface area contributed by atoms with Crippen molar-refractivity contribution < 1.29 is 13.9 Å². The lowest BCUT2D eigenvalue weighted by molar-refractivity contribution is 0.0904. The summed E-state index contributed by atoms with van der Waals surface area (Å²) in [5, 5.41) is 4.43. The van der Waals surface area contributed by atoms with Gasteiger partial charge in [-0.2, -0.15) is 0 Å². The van der Waals surface area contributed by atoms with Crippen molar-refractivity contribution in [2.75, 3.05) is 38.5 Å². The van der Waals surface area contributed by atoms with Crippen molar-refractivity contribution >= 4 is 17.6 Å². The van der Waals surface area contributed by atoms with Crippen LogP contribution in [-0.4, -0.2) is 53.8 Å². The first-order valence-electron chi connectivity index (χ1n) is 10.4. The molecule has 0 saturated carbocycles. The van der Waals surface area contributed by atoms with E-state index in [0.29, 0.717) is 19.2 Å². The lowest BCUT2D eigenvalue weighted by atomic mass is 10.0. The van der Waals surface area contributed by atoms with E-state index in [1.807, 2.05) is 18.5 Å². The molecule has 1 aliphatic heterocycles. The van der Waals surface area contributed by atoms with Crippen molar-refractivity contribution in [3.63, 3.8) is 0 Å². The quantitative estimate of drug-likeness (QED) is 0.510. The molecule has 8 heteroatoms. The van der Waals surface area contributed by atoms with Crippen LogP contribution in [0, 0.1) is 5.82 Å². The van der Waals surface area contributed by atoms with Gasteiger partial charge in [0.05, 0.1) is 18.0 Å². The molecule has 0 aliphatic carbocycles. The number of nitrogens with zero attached hydrogens (tertiary/aromatic N) is 3. The predicted molar refractivity (Wildman–Crippen MR) is 122 cm³/mol. The Bertz CT molecular complexity index is 1000. The molecule has 0 atom stereocenters. The van der Waals surface area contributed by atoms with E-state index in [2.05, 4.69) is 20.9 Å². The highest BCUT2D eigenvalue weighted by Crippen LogP contribution is 2.36. The van der Waals surface area contributed by atoms with Crippen molar-refractivity contribution in [3.8, 4) is 22.5 Å². The molecule has 6 nitrogen and oxygen atoms in total. The summed E-state index contributed by atoms with van der Waals surface area (Å²) in [7, 11) is 1.69. The standard InChI is InChI=1S/C23H27FN4O2S/c1-29-14-11-28-22(21(27-23(28)31-2)16-3-5-18(24)6-4-16)17-7-10-25-20(15-17)26-19-8-12-30-13-9-19/h3-7,10,15,19H,8-9,11-14H2,1-2H3,(H,25,26). The van der Waals surface area contributed by atoms with Gasteiger partial charge in [-0.1, -0.05) is 11.8 Å². The van der Waals surface area contributed by atoms with Crippen LogP contribution in [0.5, 0.6) is 0 Å². The third kappa shape index (κ3) is 5.08. The Kier molecular flexibility index (Phi) is 7.21. The van der Waals surface area contributed by atoms with Crippen LogP contribution in [0.2, 0.25) is 0 Å². The van der Waals surface area contributed by atoms with E-state index in [0.717, 1.165) is 59.5 Å². The van der Waals surface area contributed by atoms with Crippen LogP contribution < -0.4 is 5.32 Å². The van der Waals surface area contributed by atoms with Crippen LogP contribution in [0.25, 0.3) is 22.5 Å². The first-order chi connectivity index (χ1) is 15.2. The number of ether oxygens (including phenoxy) is 2. The third-order valence-corrected chi connectivity index (χ3v) is 6.04. The maximum Gasteiger partial charge on any atom is 0.168 e. The molecule has 0 bridgehead atoms. The Morgan fingerprint density at radius 1 is 1.19 bits per heavy atom. The fourth-order valence-corrected chi connectivity index (χ4v) is 4.37. The molecule has 3 heterocycles. The summed E-state index contributed by atoms with van der Waals surface area (Å²) >= 11 is 1.58. The largest absolute Gasteiger partial charge is 0.383 e. The van der Waals surface area contributed by atoms with E-state index in [4.69, 9.17) is 14.5 Å². The van der Waals surface area contributed by atoms with Gasteiger partial charge in [0.25, 0.3) is 0 Å². The number of methoxy groups -OCH3 is 1. The van der Waals surface area contributed by atoms with Crippen LogP contribution in [0.3, 0.4) is 0 Å². The molecule has 1 aliphatic rings. The van der Waals surface area contributed by atoms with Gasteiger partial charge in [0.2, 0.25) is 0 Å². The average Bonchev–Trinajstić information content (AvgIpc) is 3.17. The van der Waals surface area contributed by atoms with E-state index in [1.165, 1.54) is 12.1 Å². The van der Waals surface area contributed by atoms with Gasteiger partial charge in [-0.05, 0) is 55.5 Å². The molecule has 2 aromatic heterocycles. The van der Waals surface area contributed by atoms with Crippen molar-refractivity contribution in [1.29, 1.82) is 0 Å². The normalized spacial score (nSPS) is 14.7. The summed E-state index contributed by atoms with van der Waals surface area (Å²) in [6, 6.07) is 10.9. The number of hydrogen-bond acceptors (Lipinski definition) is 6. The van der Waals surface area contributed by atoms with E-state index in [-0.39, 0.29) is 5.82 Å². The number of nitrogens with one attached hydrogen (secondary N) is 1. The van der Waals surface area contributed by atoms with Crippen molar-refractivity contribution in [2.24, 2.45) is 0 Å². The van der Waals surface area contributed by atoms with Crippen LogP contribution in [-0.2, 0) is 16.0 Å². The summed E-state index contributed by atoms with van der Waals surface area (Å²) in [5.74, 6) is 0.570. The smallest absolute Gasteiger partial charge is 0.168 e. The number of thioether (sulfide) groups is 1. The van der Waals surface area contributed by atoms with E-state index >= 15 is 0 Å². The molecule has 1 N–H and O–H groups in total. The number of anilines is 1. The highest BCUT2D eigenvalue weighted by atomic mass is 32.2. The van der Waals surface area contributed by atoms with Crippen LogP contribution in [0.4, 0.5) is 10.2 Å². The number of benzene rings is 1. The Labute approximate surface area is 186 Å². The zero-order valence-electron chi connectivity index (χ0n) is 17.8. The summed E-state index contributed by atoms with van der Waals surface area (Å²) in [6.07, 6.45) is 5.76. The van der Waals surface area contributed by atoms with Gasteiger partial charge < -0.3 is 19.4 Å². The van der Waals surface area contributed by atoms with Gasteiger partial charge >= 0.3 is 0 Å². The number of aromatic nitrogens is 3. The fraction of sp³-hybridized carbons (Fsp3) is 0.391. The van der Waals surface area contributed by atoms with E-state index < -0.39 is 0 Å². The maximum atomic E-state index is 13.5. The Balaban J connectivity index is 1.77. The molecular formula is C23H27FN4O2S. The second-order valence-electron chi connectivity index (χ2n) is 7.41. The molecule has 1 aromatic carbocycles. The van der Waals surface area contributed by atoms with Crippen molar-refractivity contribution in [1.82, 2.24) is 14.5 Å². The first-order valence-corrected chi connectivity index (χ1v) is 11.6. The molecule has 164 valence electrons. The SMILES string of the molecule is COCCn1c(SC)nc(-c2ccc(F)cc2)c1-c1ccnc(NC2CCOCC2)c1. The van der Waals surface area contributed by atoms with Gasteiger partial charge in [0, 0.05) is 50.2 Å². The average molecular weight is 443 g/mol. The first kappa shape index (κ1) is 21.8. The Morgan fingerprint density at radius 3 is 2.68 bits per heavy atom. The molecule has 0 spiro atoms. The summed E-state index contributed by atoms with van der Waals surface area (Å²) in [5.41, 5.74) is 3.68. The zero-order valence-corrected chi connectivity index (χ0v) is 18.6. The highest BCUT2D eigenvalue weighted by molar-refractivity contribution is 7.98. The number of imidazole rings is 1. The van der Waals surface area contributed by atoms with Gasteiger partial charge in [0.15, 0.2) is 5.16 Å². The Hall–Kier alpha value is -2.42. The minimum Gasteiger partial charge on any atom is -0.383 e. The molecule has 31 heavy (non-hydrogen) atoms. The molecule has 1 saturated heterocycles. The maximum absolute atomic E-state index is 13.5. The van der Waals surface area contributed by atoms with Crippen LogP contribution in [0.15, 0.2) is 47.8 Å². The van der Waals surface area contributed by atoms with Gasteiger partial charge in [-0.25, -0.2) is 14.4 Å². The summed E-state index contributed by atoms with van der Waals surface area (Å²) < 4.78 is 26.5.